The fraction of sp³-hybridized carbons (Fsp3) is 0.273. The van der Waals surface area contributed by atoms with E-state index in [9.17, 15) is 8.42 Å². The summed E-state index contributed by atoms with van der Waals surface area (Å²) in [5.74, 6) is 0. The Morgan fingerprint density at radius 1 is 1.00 bits per heavy atom. The van der Waals surface area contributed by atoms with E-state index in [1.807, 2.05) is 30.3 Å². The van der Waals surface area contributed by atoms with E-state index >= 15 is 0 Å². The molecule has 8 heteroatoms. The lowest BCUT2D eigenvalue weighted by Gasteiger charge is -2.30. The Hall–Kier alpha value is -2.66. The summed E-state index contributed by atoms with van der Waals surface area (Å²) < 4.78 is 28.0. The molecular formula is C22H21ClN4O2S. The molecule has 1 aromatic heterocycles. The van der Waals surface area contributed by atoms with E-state index < -0.39 is 10.0 Å². The lowest BCUT2D eigenvalue weighted by Crippen LogP contribution is -2.40. The maximum absolute atomic E-state index is 12.6. The van der Waals surface area contributed by atoms with Crippen molar-refractivity contribution in [3.05, 3.63) is 65.3 Å². The zero-order valence-electron chi connectivity index (χ0n) is 16.2. The van der Waals surface area contributed by atoms with E-state index in [0.717, 1.165) is 42.3 Å². The SMILES string of the molecule is N#Cc1ccc(S(=O)(=O)NC2CCC(Nc3ccnc4cc(Cl)ccc34)CC2)cc1. The molecular weight excluding hydrogens is 420 g/mol. The van der Waals surface area contributed by atoms with Crippen molar-refractivity contribution in [1.29, 1.82) is 5.26 Å². The molecule has 4 rings (SSSR count). The zero-order chi connectivity index (χ0) is 21.1. The van der Waals surface area contributed by atoms with Crippen LogP contribution in [-0.4, -0.2) is 25.5 Å². The molecule has 0 spiro atoms. The molecule has 6 nitrogen and oxygen atoms in total. The number of sulfonamides is 1. The average Bonchev–Trinajstić information content (AvgIpc) is 2.75. The number of nitrogens with zero attached hydrogens (tertiary/aromatic N) is 2. The average molecular weight is 441 g/mol. The van der Waals surface area contributed by atoms with E-state index in [1.165, 1.54) is 24.3 Å². The Labute approximate surface area is 180 Å². The van der Waals surface area contributed by atoms with Crippen molar-refractivity contribution in [2.24, 2.45) is 0 Å². The molecule has 2 N–H and O–H groups in total. The van der Waals surface area contributed by atoms with Crippen molar-refractivity contribution in [3.8, 4) is 6.07 Å². The summed E-state index contributed by atoms with van der Waals surface area (Å²) in [6, 6.07) is 15.7. The van der Waals surface area contributed by atoms with Gasteiger partial charge in [0.25, 0.3) is 0 Å². The molecule has 0 aliphatic heterocycles. The maximum Gasteiger partial charge on any atom is 0.240 e. The van der Waals surface area contributed by atoms with E-state index in [4.69, 9.17) is 16.9 Å². The normalized spacial score (nSPS) is 19.3. The molecule has 3 aromatic rings. The molecule has 154 valence electrons. The smallest absolute Gasteiger partial charge is 0.240 e. The number of benzene rings is 2. The molecule has 1 heterocycles. The summed E-state index contributed by atoms with van der Waals surface area (Å²) in [7, 11) is -3.59. The lowest BCUT2D eigenvalue weighted by molar-refractivity contribution is 0.387. The van der Waals surface area contributed by atoms with Gasteiger partial charge in [-0.2, -0.15) is 5.26 Å². The van der Waals surface area contributed by atoms with Crippen LogP contribution in [0.4, 0.5) is 5.69 Å². The molecule has 1 saturated carbocycles. The van der Waals surface area contributed by atoms with Crippen molar-refractivity contribution >= 4 is 38.2 Å². The number of aromatic nitrogens is 1. The van der Waals surface area contributed by atoms with Gasteiger partial charge in [-0.25, -0.2) is 13.1 Å². The second kappa shape index (κ2) is 8.60. The standard InChI is InChI=1S/C22H21ClN4O2S/c23-16-3-10-20-21(11-12-25-22(20)13-16)26-17-4-6-18(7-5-17)27-30(28,29)19-8-1-15(14-24)2-9-19/h1-3,8-13,17-18,27H,4-7H2,(H,25,26). The summed E-state index contributed by atoms with van der Waals surface area (Å²) in [6.45, 7) is 0. The molecule has 0 bridgehead atoms. The first-order valence-electron chi connectivity index (χ1n) is 9.78. The summed E-state index contributed by atoms with van der Waals surface area (Å²) in [5, 5.41) is 14.1. The van der Waals surface area contributed by atoms with Gasteiger partial charge in [-0.05, 0) is 74.2 Å². The van der Waals surface area contributed by atoms with Crippen LogP contribution in [-0.2, 0) is 10.0 Å². The van der Waals surface area contributed by atoms with Crippen LogP contribution < -0.4 is 10.0 Å². The molecule has 0 saturated heterocycles. The predicted molar refractivity (Wildman–Crippen MR) is 118 cm³/mol. The van der Waals surface area contributed by atoms with E-state index in [2.05, 4.69) is 15.0 Å². The van der Waals surface area contributed by atoms with Crippen LogP contribution in [0.5, 0.6) is 0 Å². The Balaban J connectivity index is 1.38. The third kappa shape index (κ3) is 4.57. The highest BCUT2D eigenvalue weighted by Gasteiger charge is 2.26. The van der Waals surface area contributed by atoms with Crippen LogP contribution in [0.15, 0.2) is 59.6 Å². The van der Waals surface area contributed by atoms with Crippen molar-refractivity contribution in [2.45, 2.75) is 42.7 Å². The highest BCUT2D eigenvalue weighted by Crippen LogP contribution is 2.28. The largest absolute Gasteiger partial charge is 0.382 e. The molecule has 0 unspecified atom stereocenters. The monoisotopic (exact) mass is 440 g/mol. The number of anilines is 1. The Morgan fingerprint density at radius 2 is 1.70 bits per heavy atom. The van der Waals surface area contributed by atoms with Crippen molar-refractivity contribution in [2.75, 3.05) is 5.32 Å². The molecule has 2 aromatic carbocycles. The van der Waals surface area contributed by atoms with Crippen LogP contribution >= 0.6 is 11.6 Å². The topological polar surface area (TPSA) is 94.9 Å². The minimum absolute atomic E-state index is 0.100. The third-order valence-corrected chi connectivity index (χ3v) is 7.18. The Morgan fingerprint density at radius 3 is 2.40 bits per heavy atom. The summed E-state index contributed by atoms with van der Waals surface area (Å²) >= 11 is 6.06. The molecule has 0 atom stereocenters. The van der Waals surface area contributed by atoms with Crippen molar-refractivity contribution < 1.29 is 8.42 Å². The molecule has 0 amide bonds. The molecule has 1 aliphatic carbocycles. The van der Waals surface area contributed by atoms with Crippen molar-refractivity contribution in [3.63, 3.8) is 0 Å². The number of halogens is 1. The zero-order valence-corrected chi connectivity index (χ0v) is 17.7. The van der Waals surface area contributed by atoms with Crippen LogP contribution in [0.2, 0.25) is 5.02 Å². The van der Waals surface area contributed by atoms with Crippen LogP contribution in [0, 0.1) is 11.3 Å². The molecule has 30 heavy (non-hydrogen) atoms. The van der Waals surface area contributed by atoms with Gasteiger partial charge < -0.3 is 5.32 Å². The molecule has 0 radical (unpaired) electrons. The number of nitriles is 1. The van der Waals surface area contributed by atoms with Gasteiger partial charge in [-0.1, -0.05) is 11.6 Å². The predicted octanol–water partition coefficient (Wildman–Crippen LogP) is 4.46. The van der Waals surface area contributed by atoms with E-state index in [1.54, 1.807) is 6.20 Å². The molecule has 1 aliphatic rings. The van der Waals surface area contributed by atoms with Gasteiger partial charge in [0, 0.05) is 34.4 Å². The van der Waals surface area contributed by atoms with Gasteiger partial charge in [0.15, 0.2) is 0 Å². The Kier molecular flexibility index (Phi) is 5.91. The second-order valence-electron chi connectivity index (χ2n) is 7.47. The minimum Gasteiger partial charge on any atom is -0.382 e. The highest BCUT2D eigenvalue weighted by molar-refractivity contribution is 7.89. The van der Waals surface area contributed by atoms with Gasteiger partial charge in [0.2, 0.25) is 10.0 Å². The number of nitrogens with one attached hydrogen (secondary N) is 2. The van der Waals surface area contributed by atoms with E-state index in [-0.39, 0.29) is 17.0 Å². The summed E-state index contributed by atoms with van der Waals surface area (Å²) in [5.41, 5.74) is 2.29. The first kappa shape index (κ1) is 20.6. The molecule has 1 fully saturated rings. The lowest BCUT2D eigenvalue weighted by atomic mass is 9.91. The fourth-order valence-corrected chi connectivity index (χ4v) is 5.29. The number of hydrogen-bond donors (Lipinski definition) is 2. The van der Waals surface area contributed by atoms with Gasteiger partial charge in [0.1, 0.15) is 0 Å². The van der Waals surface area contributed by atoms with Gasteiger partial charge in [-0.15, -0.1) is 0 Å². The van der Waals surface area contributed by atoms with Crippen LogP contribution in [0.25, 0.3) is 10.9 Å². The van der Waals surface area contributed by atoms with Crippen molar-refractivity contribution in [1.82, 2.24) is 9.71 Å². The van der Waals surface area contributed by atoms with Gasteiger partial charge in [-0.3, -0.25) is 4.98 Å². The summed E-state index contributed by atoms with van der Waals surface area (Å²) in [6.07, 6.45) is 4.98. The Bertz CT molecular complexity index is 1200. The first-order valence-corrected chi connectivity index (χ1v) is 11.6. The van der Waals surface area contributed by atoms with Crippen LogP contribution in [0.1, 0.15) is 31.2 Å². The minimum atomic E-state index is -3.59. The highest BCUT2D eigenvalue weighted by atomic mass is 35.5. The number of hydrogen-bond acceptors (Lipinski definition) is 5. The number of rotatable bonds is 5. The van der Waals surface area contributed by atoms with Gasteiger partial charge >= 0.3 is 0 Å². The number of fused-ring (bicyclic) bond motifs is 1. The fourth-order valence-electron chi connectivity index (χ4n) is 3.82. The second-order valence-corrected chi connectivity index (χ2v) is 9.62. The maximum atomic E-state index is 12.6. The quantitative estimate of drug-likeness (QED) is 0.610. The first-order chi connectivity index (χ1) is 14.4. The third-order valence-electron chi connectivity index (χ3n) is 5.41. The van der Waals surface area contributed by atoms with Gasteiger partial charge in [0.05, 0.1) is 22.0 Å². The number of pyridine rings is 1. The van der Waals surface area contributed by atoms with E-state index in [0.29, 0.717) is 10.6 Å². The van der Waals surface area contributed by atoms with Crippen LogP contribution in [0.3, 0.4) is 0 Å². The summed E-state index contributed by atoms with van der Waals surface area (Å²) in [4.78, 5) is 4.55.